The van der Waals surface area contributed by atoms with E-state index in [2.05, 4.69) is 12.0 Å². The quantitative estimate of drug-likeness (QED) is 0.856. The molecule has 2 rings (SSSR count). The van der Waals surface area contributed by atoms with E-state index in [9.17, 15) is 0 Å². The van der Waals surface area contributed by atoms with Crippen LogP contribution >= 0.6 is 23.4 Å². The van der Waals surface area contributed by atoms with E-state index in [4.69, 9.17) is 16.7 Å². The molecule has 0 bridgehead atoms. The van der Waals surface area contributed by atoms with Gasteiger partial charge >= 0.3 is 0 Å². The molecule has 1 heterocycles. The molecule has 2 aromatic rings. The average Bonchev–Trinajstić information content (AvgIpc) is 2.72. The van der Waals surface area contributed by atoms with Crippen LogP contribution in [0.3, 0.4) is 0 Å². The second-order valence-corrected chi connectivity index (χ2v) is 5.68. The van der Waals surface area contributed by atoms with Gasteiger partial charge in [0.1, 0.15) is 0 Å². The van der Waals surface area contributed by atoms with Gasteiger partial charge in [-0.15, -0.1) is 11.8 Å². The Morgan fingerprint density at radius 3 is 2.89 bits per heavy atom. The van der Waals surface area contributed by atoms with Crippen LogP contribution in [0.25, 0.3) is 0 Å². The van der Waals surface area contributed by atoms with Crippen molar-refractivity contribution in [3.63, 3.8) is 0 Å². The number of aryl methyl sites for hydroxylation is 2. The molecule has 1 aromatic heterocycles. The zero-order valence-corrected chi connectivity index (χ0v) is 12.6. The van der Waals surface area contributed by atoms with Gasteiger partial charge in [-0.25, -0.2) is 0 Å². The summed E-state index contributed by atoms with van der Waals surface area (Å²) in [5, 5.41) is 14.3. The third-order valence-corrected chi connectivity index (χ3v) is 4.41. The van der Waals surface area contributed by atoms with Crippen molar-refractivity contribution < 1.29 is 5.11 Å². The van der Waals surface area contributed by atoms with Crippen molar-refractivity contribution in [3.8, 4) is 0 Å². The van der Waals surface area contributed by atoms with Gasteiger partial charge in [0.05, 0.1) is 23.0 Å². The Morgan fingerprint density at radius 2 is 2.21 bits per heavy atom. The van der Waals surface area contributed by atoms with Crippen molar-refractivity contribution in [2.75, 3.05) is 0 Å². The summed E-state index contributed by atoms with van der Waals surface area (Å²) in [7, 11) is 0. The number of aromatic nitrogens is 2. The maximum atomic E-state index is 9.13. The Hall–Kier alpha value is -0.970. The Kier molecular flexibility index (Phi) is 4.91. The van der Waals surface area contributed by atoms with Crippen LogP contribution in [0.2, 0.25) is 5.02 Å². The van der Waals surface area contributed by atoms with E-state index in [-0.39, 0.29) is 6.61 Å². The maximum absolute atomic E-state index is 9.13. The molecule has 0 amide bonds. The highest BCUT2D eigenvalue weighted by Gasteiger charge is 2.12. The topological polar surface area (TPSA) is 38.0 Å². The monoisotopic (exact) mass is 296 g/mol. The number of nitrogens with zero attached hydrogens (tertiary/aromatic N) is 2. The van der Waals surface area contributed by atoms with Gasteiger partial charge in [0, 0.05) is 17.2 Å². The third-order valence-electron chi connectivity index (χ3n) is 2.91. The van der Waals surface area contributed by atoms with Crippen LogP contribution in [-0.2, 0) is 18.9 Å². The largest absolute Gasteiger partial charge is 0.392 e. The molecule has 0 spiro atoms. The highest BCUT2D eigenvalue weighted by atomic mass is 35.5. The summed E-state index contributed by atoms with van der Waals surface area (Å²) < 4.78 is 1.95. The average molecular weight is 297 g/mol. The highest BCUT2D eigenvalue weighted by Crippen LogP contribution is 2.29. The SMILES string of the molecule is CCn1nc(C)c(Cl)c1CSc1cccc(CO)c1. The van der Waals surface area contributed by atoms with Gasteiger partial charge in [0.25, 0.3) is 0 Å². The molecule has 0 atom stereocenters. The van der Waals surface area contributed by atoms with Crippen molar-refractivity contribution in [1.29, 1.82) is 0 Å². The fraction of sp³-hybridized carbons (Fsp3) is 0.357. The third kappa shape index (κ3) is 3.32. The number of benzene rings is 1. The van der Waals surface area contributed by atoms with Crippen molar-refractivity contribution >= 4 is 23.4 Å². The van der Waals surface area contributed by atoms with Gasteiger partial charge in [0.2, 0.25) is 0 Å². The molecule has 102 valence electrons. The van der Waals surface area contributed by atoms with Crippen LogP contribution in [0.4, 0.5) is 0 Å². The van der Waals surface area contributed by atoms with Crippen LogP contribution in [0, 0.1) is 6.92 Å². The van der Waals surface area contributed by atoms with Gasteiger partial charge in [-0.3, -0.25) is 4.68 Å². The lowest BCUT2D eigenvalue weighted by molar-refractivity contribution is 0.281. The molecule has 0 radical (unpaired) electrons. The molecule has 0 aliphatic rings. The highest BCUT2D eigenvalue weighted by molar-refractivity contribution is 7.98. The van der Waals surface area contributed by atoms with Gasteiger partial charge in [-0.05, 0) is 31.5 Å². The van der Waals surface area contributed by atoms with Gasteiger partial charge < -0.3 is 5.11 Å². The molecular weight excluding hydrogens is 280 g/mol. The van der Waals surface area contributed by atoms with Crippen molar-refractivity contribution in [1.82, 2.24) is 9.78 Å². The molecule has 3 nitrogen and oxygen atoms in total. The van der Waals surface area contributed by atoms with Crippen molar-refractivity contribution in [3.05, 3.63) is 46.2 Å². The van der Waals surface area contributed by atoms with Crippen LogP contribution < -0.4 is 0 Å². The molecule has 19 heavy (non-hydrogen) atoms. The number of thioether (sulfide) groups is 1. The fourth-order valence-electron chi connectivity index (χ4n) is 1.89. The molecule has 0 aliphatic carbocycles. The smallest absolute Gasteiger partial charge is 0.0855 e. The summed E-state index contributed by atoms with van der Waals surface area (Å²) in [5.41, 5.74) is 2.86. The lowest BCUT2D eigenvalue weighted by atomic mass is 10.2. The standard InChI is InChI=1S/C14H17ClN2OS/c1-3-17-13(14(15)10(2)16-17)9-19-12-6-4-5-11(7-12)8-18/h4-7,18H,3,8-9H2,1-2H3. The predicted molar refractivity (Wildman–Crippen MR) is 79.6 cm³/mol. The zero-order valence-electron chi connectivity index (χ0n) is 11.1. The van der Waals surface area contributed by atoms with E-state index in [0.717, 1.165) is 39.2 Å². The Morgan fingerprint density at radius 1 is 1.42 bits per heavy atom. The first kappa shape index (κ1) is 14.4. The number of aliphatic hydroxyl groups excluding tert-OH is 1. The number of hydrogen-bond acceptors (Lipinski definition) is 3. The molecule has 0 fully saturated rings. The molecule has 0 saturated heterocycles. The van der Waals surface area contributed by atoms with Gasteiger partial charge in [0.15, 0.2) is 0 Å². The van der Waals surface area contributed by atoms with Crippen LogP contribution in [0.5, 0.6) is 0 Å². The van der Waals surface area contributed by atoms with E-state index in [1.807, 2.05) is 35.9 Å². The summed E-state index contributed by atoms with van der Waals surface area (Å²) in [6.07, 6.45) is 0. The molecular formula is C14H17ClN2OS. The molecule has 0 unspecified atom stereocenters. The number of aliphatic hydroxyl groups is 1. The summed E-state index contributed by atoms with van der Waals surface area (Å²) in [6.45, 7) is 4.87. The summed E-state index contributed by atoms with van der Waals surface area (Å²) >= 11 is 7.98. The van der Waals surface area contributed by atoms with E-state index < -0.39 is 0 Å². The number of halogens is 1. The van der Waals surface area contributed by atoms with Crippen molar-refractivity contribution in [2.24, 2.45) is 0 Å². The molecule has 1 aromatic carbocycles. The Labute approximate surface area is 122 Å². The first-order chi connectivity index (χ1) is 9.15. The summed E-state index contributed by atoms with van der Waals surface area (Å²) in [6, 6.07) is 7.91. The fourth-order valence-corrected chi connectivity index (χ4v) is 3.18. The summed E-state index contributed by atoms with van der Waals surface area (Å²) in [5.74, 6) is 0.780. The first-order valence-corrected chi connectivity index (χ1v) is 7.56. The lowest BCUT2D eigenvalue weighted by Gasteiger charge is -2.06. The zero-order chi connectivity index (χ0) is 13.8. The van der Waals surface area contributed by atoms with Gasteiger partial charge in [-0.1, -0.05) is 23.7 Å². The summed E-state index contributed by atoms with van der Waals surface area (Å²) in [4.78, 5) is 1.13. The van der Waals surface area contributed by atoms with Crippen LogP contribution in [0.15, 0.2) is 29.2 Å². The normalized spacial score (nSPS) is 10.9. The number of rotatable bonds is 5. The van der Waals surface area contributed by atoms with E-state index >= 15 is 0 Å². The van der Waals surface area contributed by atoms with Crippen LogP contribution in [-0.4, -0.2) is 14.9 Å². The van der Waals surface area contributed by atoms with E-state index in [0.29, 0.717) is 0 Å². The van der Waals surface area contributed by atoms with Crippen molar-refractivity contribution in [2.45, 2.75) is 37.6 Å². The van der Waals surface area contributed by atoms with Gasteiger partial charge in [-0.2, -0.15) is 5.10 Å². The second kappa shape index (κ2) is 6.46. The van der Waals surface area contributed by atoms with Crippen LogP contribution in [0.1, 0.15) is 23.9 Å². The lowest BCUT2D eigenvalue weighted by Crippen LogP contribution is -2.01. The Bertz CT molecular complexity index is 569. The first-order valence-electron chi connectivity index (χ1n) is 6.20. The minimum absolute atomic E-state index is 0.0706. The minimum atomic E-state index is 0.0706. The van der Waals surface area contributed by atoms with E-state index in [1.54, 1.807) is 11.8 Å². The van der Waals surface area contributed by atoms with E-state index in [1.165, 1.54) is 0 Å². The predicted octanol–water partition coefficient (Wildman–Crippen LogP) is 3.65. The molecule has 0 aliphatic heterocycles. The second-order valence-electron chi connectivity index (χ2n) is 4.26. The molecule has 1 N–H and O–H groups in total. The Balaban J connectivity index is 2.14. The maximum Gasteiger partial charge on any atom is 0.0855 e. The number of hydrogen-bond donors (Lipinski definition) is 1. The minimum Gasteiger partial charge on any atom is -0.392 e. The molecule has 5 heteroatoms. The molecule has 0 saturated carbocycles.